The van der Waals surface area contributed by atoms with Crippen molar-refractivity contribution < 1.29 is 9.21 Å². The van der Waals surface area contributed by atoms with Crippen LogP contribution < -0.4 is 0 Å². The van der Waals surface area contributed by atoms with E-state index < -0.39 is 5.41 Å². The smallest absolute Gasteiger partial charge is 0.133 e. The quantitative estimate of drug-likeness (QED) is 0.712. The van der Waals surface area contributed by atoms with Gasteiger partial charge in [-0.2, -0.15) is 0 Å². The predicted octanol–water partition coefficient (Wildman–Crippen LogP) is 2.52. The Hall–Kier alpha value is -0.570. The number of hydrogen-bond acceptors (Lipinski definition) is 2. The summed E-state index contributed by atoms with van der Waals surface area (Å²) in [5.41, 5.74) is -0.522. The molecule has 11 heavy (non-hydrogen) atoms. The normalized spacial score (nSPS) is 11.5. The molecule has 0 aliphatic rings. The van der Waals surface area contributed by atoms with Crippen molar-refractivity contribution in [1.29, 1.82) is 0 Å². The SMILES string of the molecule is CC(C)(C=O)c1cc(Br)co1. The van der Waals surface area contributed by atoms with Crippen molar-refractivity contribution >= 4 is 22.2 Å². The molecule has 0 atom stereocenters. The first-order chi connectivity index (χ1) is 5.06. The maximum Gasteiger partial charge on any atom is 0.133 e. The van der Waals surface area contributed by atoms with Crippen LogP contribution in [0.3, 0.4) is 0 Å². The number of aldehydes is 1. The van der Waals surface area contributed by atoms with E-state index in [9.17, 15) is 4.79 Å². The van der Waals surface area contributed by atoms with Crippen molar-refractivity contribution in [2.75, 3.05) is 0 Å². The predicted molar refractivity (Wildman–Crippen MR) is 45.5 cm³/mol. The molecule has 1 heterocycles. The van der Waals surface area contributed by atoms with Gasteiger partial charge in [0, 0.05) is 0 Å². The Morgan fingerprint density at radius 3 is 2.64 bits per heavy atom. The van der Waals surface area contributed by atoms with Gasteiger partial charge in [-0.1, -0.05) is 0 Å². The first kappa shape index (κ1) is 8.53. The molecule has 1 aromatic rings. The standard InChI is InChI=1S/C8H9BrO2/c1-8(2,5-10)7-3-6(9)4-11-7/h3-5H,1-2H3. The second-order valence-electron chi connectivity index (χ2n) is 2.97. The topological polar surface area (TPSA) is 30.2 Å². The molecule has 0 aliphatic heterocycles. The van der Waals surface area contributed by atoms with E-state index in [1.165, 1.54) is 0 Å². The second kappa shape index (κ2) is 2.81. The van der Waals surface area contributed by atoms with Gasteiger partial charge in [-0.15, -0.1) is 0 Å². The second-order valence-corrected chi connectivity index (χ2v) is 3.88. The van der Waals surface area contributed by atoms with Gasteiger partial charge in [0.1, 0.15) is 18.3 Å². The number of carbonyl (C=O) groups excluding carboxylic acids is 1. The molecule has 0 unspecified atom stereocenters. The average Bonchev–Trinajstić information content (AvgIpc) is 2.36. The first-order valence-electron chi connectivity index (χ1n) is 3.27. The molecule has 2 nitrogen and oxygen atoms in total. The van der Waals surface area contributed by atoms with E-state index in [-0.39, 0.29) is 0 Å². The van der Waals surface area contributed by atoms with Crippen molar-refractivity contribution in [2.45, 2.75) is 19.3 Å². The van der Waals surface area contributed by atoms with Crippen LogP contribution in [0.1, 0.15) is 19.6 Å². The molecule has 0 aromatic carbocycles. The lowest BCUT2D eigenvalue weighted by Gasteiger charge is -2.11. The third kappa shape index (κ3) is 1.71. The lowest BCUT2D eigenvalue weighted by molar-refractivity contribution is -0.112. The van der Waals surface area contributed by atoms with Gasteiger partial charge in [-0.25, -0.2) is 0 Å². The van der Waals surface area contributed by atoms with E-state index >= 15 is 0 Å². The molecule has 0 radical (unpaired) electrons. The van der Waals surface area contributed by atoms with Gasteiger partial charge >= 0.3 is 0 Å². The fourth-order valence-electron chi connectivity index (χ4n) is 0.709. The summed E-state index contributed by atoms with van der Waals surface area (Å²) in [5.74, 6) is 0.680. The Morgan fingerprint density at radius 1 is 1.64 bits per heavy atom. The summed E-state index contributed by atoms with van der Waals surface area (Å²) in [4.78, 5) is 10.6. The Kier molecular flexibility index (Phi) is 2.18. The Labute approximate surface area is 73.7 Å². The van der Waals surface area contributed by atoms with Crippen LogP contribution in [-0.4, -0.2) is 6.29 Å². The molecule has 0 spiro atoms. The summed E-state index contributed by atoms with van der Waals surface area (Å²) in [7, 11) is 0. The van der Waals surface area contributed by atoms with Gasteiger partial charge in [-0.05, 0) is 35.8 Å². The molecule has 0 saturated carbocycles. The van der Waals surface area contributed by atoms with E-state index in [1.807, 2.05) is 13.8 Å². The molecule has 0 bridgehead atoms. The van der Waals surface area contributed by atoms with Crippen LogP contribution in [0.2, 0.25) is 0 Å². The molecule has 0 aliphatic carbocycles. The van der Waals surface area contributed by atoms with Crippen molar-refractivity contribution in [1.82, 2.24) is 0 Å². The van der Waals surface area contributed by atoms with Crippen molar-refractivity contribution in [2.24, 2.45) is 0 Å². The Balaban J connectivity index is 3.01. The number of hydrogen-bond donors (Lipinski definition) is 0. The lowest BCUT2D eigenvalue weighted by Crippen LogP contribution is -2.17. The lowest BCUT2D eigenvalue weighted by atomic mass is 9.93. The maximum absolute atomic E-state index is 10.6. The fourth-order valence-corrected chi connectivity index (χ4v) is 1.01. The molecule has 60 valence electrons. The van der Waals surface area contributed by atoms with Crippen molar-refractivity contribution in [3.05, 3.63) is 22.6 Å². The molecule has 3 heteroatoms. The monoisotopic (exact) mass is 216 g/mol. The van der Waals surface area contributed by atoms with Crippen LogP contribution in [0.4, 0.5) is 0 Å². The molecule has 0 N–H and O–H groups in total. The minimum atomic E-state index is -0.522. The molecule has 0 fully saturated rings. The highest BCUT2D eigenvalue weighted by atomic mass is 79.9. The van der Waals surface area contributed by atoms with E-state index in [0.717, 1.165) is 10.8 Å². The van der Waals surface area contributed by atoms with E-state index in [2.05, 4.69) is 15.9 Å². The fraction of sp³-hybridized carbons (Fsp3) is 0.375. The minimum Gasteiger partial charge on any atom is -0.467 e. The largest absolute Gasteiger partial charge is 0.467 e. The third-order valence-electron chi connectivity index (χ3n) is 1.50. The molecule has 0 saturated heterocycles. The first-order valence-corrected chi connectivity index (χ1v) is 4.06. The van der Waals surface area contributed by atoms with Crippen LogP contribution in [0, 0.1) is 0 Å². The van der Waals surface area contributed by atoms with Crippen molar-refractivity contribution in [3.8, 4) is 0 Å². The van der Waals surface area contributed by atoms with Crippen LogP contribution in [0.15, 0.2) is 21.2 Å². The molecule has 0 amide bonds. The summed E-state index contributed by atoms with van der Waals surface area (Å²) in [6, 6.07) is 1.80. The molecule has 1 rings (SSSR count). The van der Waals surface area contributed by atoms with Crippen LogP contribution in [0.25, 0.3) is 0 Å². The van der Waals surface area contributed by atoms with E-state index in [1.54, 1.807) is 12.3 Å². The summed E-state index contributed by atoms with van der Waals surface area (Å²) in [5, 5.41) is 0. The number of halogens is 1. The number of furan rings is 1. The molecular formula is C8H9BrO2. The number of carbonyl (C=O) groups is 1. The maximum atomic E-state index is 10.6. The van der Waals surface area contributed by atoms with Gasteiger partial charge < -0.3 is 9.21 Å². The highest BCUT2D eigenvalue weighted by Gasteiger charge is 2.23. The third-order valence-corrected chi connectivity index (χ3v) is 1.91. The van der Waals surface area contributed by atoms with Crippen LogP contribution in [0.5, 0.6) is 0 Å². The van der Waals surface area contributed by atoms with Gasteiger partial charge in [0.05, 0.1) is 9.89 Å². The summed E-state index contributed by atoms with van der Waals surface area (Å²) in [6.45, 7) is 3.62. The molecular weight excluding hydrogens is 208 g/mol. The summed E-state index contributed by atoms with van der Waals surface area (Å²) >= 11 is 3.24. The summed E-state index contributed by atoms with van der Waals surface area (Å²) in [6.07, 6.45) is 2.44. The highest BCUT2D eigenvalue weighted by Crippen LogP contribution is 2.25. The Bertz CT molecular complexity index is 263. The zero-order valence-electron chi connectivity index (χ0n) is 6.43. The Morgan fingerprint density at radius 2 is 2.27 bits per heavy atom. The van der Waals surface area contributed by atoms with E-state index in [4.69, 9.17) is 4.42 Å². The summed E-state index contributed by atoms with van der Waals surface area (Å²) < 4.78 is 6.01. The average molecular weight is 217 g/mol. The van der Waals surface area contributed by atoms with Crippen LogP contribution in [-0.2, 0) is 10.2 Å². The minimum absolute atomic E-state index is 0.522. The number of rotatable bonds is 2. The van der Waals surface area contributed by atoms with Gasteiger partial charge in [0.15, 0.2) is 0 Å². The van der Waals surface area contributed by atoms with E-state index in [0.29, 0.717) is 5.76 Å². The zero-order valence-corrected chi connectivity index (χ0v) is 8.01. The van der Waals surface area contributed by atoms with Crippen molar-refractivity contribution in [3.63, 3.8) is 0 Å². The zero-order chi connectivity index (χ0) is 8.48. The van der Waals surface area contributed by atoms with Gasteiger partial charge in [-0.3, -0.25) is 0 Å². The van der Waals surface area contributed by atoms with Gasteiger partial charge in [0.2, 0.25) is 0 Å². The van der Waals surface area contributed by atoms with Crippen LogP contribution >= 0.6 is 15.9 Å². The highest BCUT2D eigenvalue weighted by molar-refractivity contribution is 9.10. The van der Waals surface area contributed by atoms with Gasteiger partial charge in [0.25, 0.3) is 0 Å². The molecule has 1 aromatic heterocycles.